The highest BCUT2D eigenvalue weighted by molar-refractivity contribution is 4.77. The summed E-state index contributed by atoms with van der Waals surface area (Å²) in [6.45, 7) is 7.74. The van der Waals surface area contributed by atoms with Crippen molar-refractivity contribution >= 4 is 0 Å². The first-order chi connectivity index (χ1) is 7.01. The Labute approximate surface area is 94.8 Å². The predicted molar refractivity (Wildman–Crippen MR) is 65.1 cm³/mol. The fourth-order valence-corrected chi connectivity index (χ4v) is 2.09. The molecule has 0 spiro atoms. The van der Waals surface area contributed by atoms with Gasteiger partial charge in [0.2, 0.25) is 0 Å². The van der Waals surface area contributed by atoms with Crippen LogP contribution in [0.1, 0.15) is 52.9 Å². The van der Waals surface area contributed by atoms with Crippen LogP contribution in [0.25, 0.3) is 0 Å². The second-order valence-electron chi connectivity index (χ2n) is 5.96. The molecule has 2 heteroatoms. The molecule has 1 aliphatic rings. The number of hydrogen-bond acceptors (Lipinski definition) is 2. The van der Waals surface area contributed by atoms with Crippen LogP contribution in [-0.2, 0) is 4.74 Å². The minimum absolute atomic E-state index is 0.400. The molecule has 0 bridgehead atoms. The largest absolute Gasteiger partial charge is 0.378 e. The molecule has 1 rings (SSSR count). The highest BCUT2D eigenvalue weighted by Crippen LogP contribution is 2.23. The van der Waals surface area contributed by atoms with E-state index in [1.165, 1.54) is 25.7 Å². The molecule has 0 amide bonds. The van der Waals surface area contributed by atoms with Crippen molar-refractivity contribution in [3.05, 3.63) is 0 Å². The van der Waals surface area contributed by atoms with E-state index in [2.05, 4.69) is 33.1 Å². The number of hydrogen-bond donors (Lipinski definition) is 1. The van der Waals surface area contributed by atoms with Gasteiger partial charge >= 0.3 is 0 Å². The summed E-state index contributed by atoms with van der Waals surface area (Å²) < 4.78 is 5.95. The van der Waals surface area contributed by atoms with Crippen molar-refractivity contribution in [3.8, 4) is 0 Å². The Balaban J connectivity index is 2.15. The average molecular weight is 213 g/mol. The maximum atomic E-state index is 5.95. The van der Waals surface area contributed by atoms with Crippen molar-refractivity contribution in [2.75, 3.05) is 13.7 Å². The van der Waals surface area contributed by atoms with Gasteiger partial charge in [0.25, 0.3) is 0 Å². The van der Waals surface area contributed by atoms with Crippen molar-refractivity contribution in [3.63, 3.8) is 0 Å². The van der Waals surface area contributed by atoms with Gasteiger partial charge in [0.05, 0.1) is 6.10 Å². The van der Waals surface area contributed by atoms with Crippen molar-refractivity contribution in [2.24, 2.45) is 5.41 Å². The van der Waals surface area contributed by atoms with Crippen LogP contribution in [0.4, 0.5) is 0 Å². The third kappa shape index (κ3) is 5.53. The van der Waals surface area contributed by atoms with Crippen LogP contribution < -0.4 is 5.32 Å². The third-order valence-corrected chi connectivity index (χ3v) is 3.24. The molecular weight excluding hydrogens is 186 g/mol. The van der Waals surface area contributed by atoms with Crippen molar-refractivity contribution < 1.29 is 4.74 Å². The Kier molecular flexibility index (Phi) is 5.07. The summed E-state index contributed by atoms with van der Waals surface area (Å²) >= 11 is 0. The molecule has 15 heavy (non-hydrogen) atoms. The zero-order chi connectivity index (χ0) is 11.3. The summed E-state index contributed by atoms with van der Waals surface area (Å²) in [5, 5.41) is 3.36. The maximum absolute atomic E-state index is 5.95. The molecular formula is C13H27NO. The molecule has 0 heterocycles. The van der Waals surface area contributed by atoms with Gasteiger partial charge in [-0.25, -0.2) is 0 Å². The summed E-state index contributed by atoms with van der Waals surface area (Å²) in [4.78, 5) is 0. The molecule has 2 atom stereocenters. The summed E-state index contributed by atoms with van der Waals surface area (Å²) in [7, 11) is 2.06. The first-order valence-corrected chi connectivity index (χ1v) is 6.30. The number of rotatable bonds is 4. The molecule has 90 valence electrons. The van der Waals surface area contributed by atoms with E-state index in [9.17, 15) is 0 Å². The SMILES string of the molecule is CNC1CCCC(OCCC(C)(C)C)C1. The molecule has 1 N–H and O–H groups in total. The smallest absolute Gasteiger partial charge is 0.0590 e. The molecule has 0 radical (unpaired) electrons. The van der Waals surface area contributed by atoms with E-state index in [0.717, 1.165) is 13.0 Å². The molecule has 1 fully saturated rings. The van der Waals surface area contributed by atoms with E-state index in [1.807, 2.05) is 0 Å². The van der Waals surface area contributed by atoms with Crippen LogP contribution in [0, 0.1) is 5.41 Å². The summed E-state index contributed by atoms with van der Waals surface area (Å²) in [6.07, 6.45) is 6.73. The van der Waals surface area contributed by atoms with E-state index in [1.54, 1.807) is 0 Å². The molecule has 0 aromatic rings. The predicted octanol–water partition coefficient (Wildman–Crippen LogP) is 2.97. The molecule has 2 unspecified atom stereocenters. The van der Waals surface area contributed by atoms with Gasteiger partial charge in [-0.05, 0) is 44.6 Å². The lowest BCUT2D eigenvalue weighted by molar-refractivity contribution is 0.00883. The van der Waals surface area contributed by atoms with Crippen LogP contribution in [0.5, 0.6) is 0 Å². The van der Waals surface area contributed by atoms with Gasteiger partial charge in [0.1, 0.15) is 0 Å². The lowest BCUT2D eigenvalue weighted by Crippen LogP contribution is -2.35. The van der Waals surface area contributed by atoms with E-state index >= 15 is 0 Å². The monoisotopic (exact) mass is 213 g/mol. The fraction of sp³-hybridized carbons (Fsp3) is 1.00. The van der Waals surface area contributed by atoms with Gasteiger partial charge in [-0.2, -0.15) is 0 Å². The van der Waals surface area contributed by atoms with Gasteiger partial charge in [-0.15, -0.1) is 0 Å². The Morgan fingerprint density at radius 1 is 1.27 bits per heavy atom. The number of nitrogens with one attached hydrogen (secondary N) is 1. The van der Waals surface area contributed by atoms with E-state index in [-0.39, 0.29) is 0 Å². The molecule has 2 nitrogen and oxygen atoms in total. The van der Waals surface area contributed by atoms with Crippen LogP contribution in [0.15, 0.2) is 0 Å². The van der Waals surface area contributed by atoms with Gasteiger partial charge in [0, 0.05) is 12.6 Å². The highest BCUT2D eigenvalue weighted by Gasteiger charge is 2.21. The zero-order valence-electron chi connectivity index (χ0n) is 10.8. The van der Waals surface area contributed by atoms with Crippen molar-refractivity contribution in [1.29, 1.82) is 0 Å². The highest BCUT2D eigenvalue weighted by atomic mass is 16.5. The summed E-state index contributed by atoms with van der Waals surface area (Å²) in [6, 6.07) is 0.679. The van der Waals surface area contributed by atoms with Crippen LogP contribution >= 0.6 is 0 Å². The van der Waals surface area contributed by atoms with Gasteiger partial charge < -0.3 is 10.1 Å². The van der Waals surface area contributed by atoms with E-state index in [0.29, 0.717) is 17.6 Å². The van der Waals surface area contributed by atoms with E-state index in [4.69, 9.17) is 4.74 Å². The van der Waals surface area contributed by atoms with Crippen molar-refractivity contribution in [1.82, 2.24) is 5.32 Å². The minimum Gasteiger partial charge on any atom is -0.378 e. The Hall–Kier alpha value is -0.0800. The zero-order valence-corrected chi connectivity index (χ0v) is 10.8. The molecule has 0 aliphatic heterocycles. The fourth-order valence-electron chi connectivity index (χ4n) is 2.09. The normalized spacial score (nSPS) is 28.0. The van der Waals surface area contributed by atoms with Crippen molar-refractivity contribution in [2.45, 2.75) is 65.0 Å². The van der Waals surface area contributed by atoms with Gasteiger partial charge in [-0.1, -0.05) is 20.8 Å². The molecule has 1 saturated carbocycles. The van der Waals surface area contributed by atoms with Crippen LogP contribution in [0.3, 0.4) is 0 Å². The molecule has 1 aliphatic carbocycles. The van der Waals surface area contributed by atoms with E-state index < -0.39 is 0 Å². The second kappa shape index (κ2) is 5.86. The summed E-state index contributed by atoms with van der Waals surface area (Å²) in [5.41, 5.74) is 0.400. The maximum Gasteiger partial charge on any atom is 0.0590 e. The molecule has 0 aromatic heterocycles. The lowest BCUT2D eigenvalue weighted by Gasteiger charge is -2.29. The Morgan fingerprint density at radius 3 is 2.60 bits per heavy atom. The first-order valence-electron chi connectivity index (χ1n) is 6.30. The third-order valence-electron chi connectivity index (χ3n) is 3.24. The number of ether oxygens (including phenoxy) is 1. The Morgan fingerprint density at radius 2 is 2.00 bits per heavy atom. The summed E-state index contributed by atoms with van der Waals surface area (Å²) in [5.74, 6) is 0. The average Bonchev–Trinajstić information content (AvgIpc) is 2.16. The Bertz CT molecular complexity index is 174. The van der Waals surface area contributed by atoms with Crippen LogP contribution in [-0.4, -0.2) is 25.8 Å². The minimum atomic E-state index is 0.400. The van der Waals surface area contributed by atoms with Gasteiger partial charge in [-0.3, -0.25) is 0 Å². The lowest BCUT2D eigenvalue weighted by atomic mass is 9.91. The first kappa shape index (κ1) is 13.0. The molecule has 0 aromatic carbocycles. The quantitative estimate of drug-likeness (QED) is 0.775. The topological polar surface area (TPSA) is 21.3 Å². The second-order valence-corrected chi connectivity index (χ2v) is 5.96. The van der Waals surface area contributed by atoms with Gasteiger partial charge in [0.15, 0.2) is 0 Å². The standard InChI is InChI=1S/C13H27NO/c1-13(2,3)8-9-15-12-7-5-6-11(10-12)14-4/h11-12,14H,5-10H2,1-4H3. The van der Waals surface area contributed by atoms with Crippen LogP contribution in [0.2, 0.25) is 0 Å². The molecule has 0 saturated heterocycles.